The summed E-state index contributed by atoms with van der Waals surface area (Å²) < 4.78 is 5.01. The zero-order valence-corrected chi connectivity index (χ0v) is 13.9. The van der Waals surface area contributed by atoms with E-state index in [0.717, 1.165) is 16.3 Å². The minimum Gasteiger partial charge on any atom is -0.465 e. The van der Waals surface area contributed by atoms with E-state index < -0.39 is 17.8 Å². The molecule has 0 saturated heterocycles. The lowest BCUT2D eigenvalue weighted by molar-refractivity contribution is -0.152. The molecule has 2 aromatic rings. The molecule has 0 unspecified atom stereocenters. The second kappa shape index (κ2) is 6.56. The van der Waals surface area contributed by atoms with Crippen molar-refractivity contribution in [1.82, 2.24) is 0 Å². The zero-order chi connectivity index (χ0) is 17.3. The van der Waals surface area contributed by atoms with Crippen LogP contribution in [-0.2, 0) is 20.7 Å². The lowest BCUT2D eigenvalue weighted by atomic mass is 9.73. The molecule has 0 spiro atoms. The normalized spacial score (nSPS) is 18.1. The molecule has 0 fully saturated rings. The van der Waals surface area contributed by atoms with Gasteiger partial charge in [0.15, 0.2) is 5.78 Å². The summed E-state index contributed by atoms with van der Waals surface area (Å²) in [7, 11) is 0. The summed E-state index contributed by atoms with van der Waals surface area (Å²) in [5, 5.41) is 2.16. The molecule has 124 valence electrons. The molecule has 2 atom stereocenters. The summed E-state index contributed by atoms with van der Waals surface area (Å²) in [6, 6.07) is 11.7. The van der Waals surface area contributed by atoms with Crippen LogP contribution in [0.15, 0.2) is 36.4 Å². The number of rotatable bonds is 4. The third-order valence-corrected chi connectivity index (χ3v) is 4.73. The van der Waals surface area contributed by atoms with E-state index in [1.54, 1.807) is 6.92 Å². The lowest BCUT2D eigenvalue weighted by Crippen LogP contribution is -2.38. The molecule has 0 aliphatic heterocycles. The van der Waals surface area contributed by atoms with Crippen LogP contribution in [0, 0.1) is 11.8 Å². The SMILES string of the molecule is CCOC(=O)[C@@H](C(C)=O)[C@H]1CCc2c(ccc3ccccc23)C1=O. The molecule has 0 bridgehead atoms. The van der Waals surface area contributed by atoms with Crippen LogP contribution in [0.2, 0.25) is 0 Å². The molecular weight excluding hydrogens is 304 g/mol. The minimum atomic E-state index is -1.00. The largest absolute Gasteiger partial charge is 0.465 e. The second-order valence-electron chi connectivity index (χ2n) is 6.16. The molecule has 4 heteroatoms. The van der Waals surface area contributed by atoms with Crippen molar-refractivity contribution in [3.05, 3.63) is 47.5 Å². The van der Waals surface area contributed by atoms with Gasteiger partial charge in [0.05, 0.1) is 6.61 Å². The van der Waals surface area contributed by atoms with Crippen molar-refractivity contribution in [2.75, 3.05) is 6.61 Å². The molecule has 0 radical (unpaired) electrons. The number of ether oxygens (including phenoxy) is 1. The highest BCUT2D eigenvalue weighted by Gasteiger charge is 2.41. The van der Waals surface area contributed by atoms with Crippen molar-refractivity contribution in [2.45, 2.75) is 26.7 Å². The molecule has 0 amide bonds. The number of Topliss-reactive ketones (excluding diaryl/α,β-unsaturated/α-hetero) is 2. The van der Waals surface area contributed by atoms with Crippen LogP contribution < -0.4 is 0 Å². The van der Waals surface area contributed by atoms with E-state index in [1.807, 2.05) is 36.4 Å². The molecule has 1 aliphatic rings. The van der Waals surface area contributed by atoms with Gasteiger partial charge in [-0.3, -0.25) is 14.4 Å². The van der Waals surface area contributed by atoms with Gasteiger partial charge in [0.25, 0.3) is 0 Å². The van der Waals surface area contributed by atoms with Crippen molar-refractivity contribution in [2.24, 2.45) is 11.8 Å². The summed E-state index contributed by atoms with van der Waals surface area (Å²) >= 11 is 0. The molecule has 2 aromatic carbocycles. The number of carbonyl (C=O) groups is 3. The zero-order valence-electron chi connectivity index (χ0n) is 13.9. The number of carbonyl (C=O) groups excluding carboxylic acids is 3. The fourth-order valence-corrected chi connectivity index (χ4v) is 3.63. The summed E-state index contributed by atoms with van der Waals surface area (Å²) in [6.07, 6.45) is 1.17. The number of hydrogen-bond acceptors (Lipinski definition) is 4. The Morgan fingerprint density at radius 3 is 2.67 bits per heavy atom. The number of aryl methyl sites for hydroxylation is 1. The third-order valence-electron chi connectivity index (χ3n) is 4.73. The fraction of sp³-hybridized carbons (Fsp3) is 0.350. The Kier molecular flexibility index (Phi) is 4.47. The van der Waals surface area contributed by atoms with E-state index in [9.17, 15) is 14.4 Å². The first-order valence-corrected chi connectivity index (χ1v) is 8.26. The highest BCUT2D eigenvalue weighted by molar-refractivity contribution is 6.10. The first kappa shape index (κ1) is 16.4. The Bertz CT molecular complexity index is 821. The average Bonchev–Trinajstić information content (AvgIpc) is 2.57. The van der Waals surface area contributed by atoms with E-state index in [-0.39, 0.29) is 18.2 Å². The number of ketones is 2. The first-order valence-electron chi connectivity index (χ1n) is 8.26. The summed E-state index contributed by atoms with van der Waals surface area (Å²) in [4.78, 5) is 37.1. The van der Waals surface area contributed by atoms with Gasteiger partial charge < -0.3 is 4.74 Å². The predicted octanol–water partition coefficient (Wildman–Crippen LogP) is 3.35. The second-order valence-corrected chi connectivity index (χ2v) is 6.16. The quantitative estimate of drug-likeness (QED) is 0.639. The molecule has 0 heterocycles. The van der Waals surface area contributed by atoms with Crippen molar-refractivity contribution >= 4 is 28.3 Å². The number of benzene rings is 2. The van der Waals surface area contributed by atoms with Gasteiger partial charge in [0.1, 0.15) is 11.7 Å². The maximum atomic E-state index is 13.0. The first-order chi connectivity index (χ1) is 11.5. The standard InChI is InChI=1S/C20H20O4/c1-3-24-20(23)18(12(2)21)17-11-10-15-14-7-5-4-6-13(14)8-9-16(15)19(17)22/h4-9,17-18H,3,10-11H2,1-2H3/t17-,18+/m1/s1. The lowest BCUT2D eigenvalue weighted by Gasteiger charge is -2.28. The van der Waals surface area contributed by atoms with Crippen LogP contribution in [0.1, 0.15) is 36.2 Å². The minimum absolute atomic E-state index is 0.129. The van der Waals surface area contributed by atoms with Gasteiger partial charge in [-0.25, -0.2) is 0 Å². The Hall–Kier alpha value is -2.49. The van der Waals surface area contributed by atoms with Crippen LogP contribution in [0.4, 0.5) is 0 Å². The van der Waals surface area contributed by atoms with Gasteiger partial charge in [0, 0.05) is 11.5 Å². The summed E-state index contributed by atoms with van der Waals surface area (Å²) in [5.74, 6) is -2.66. The van der Waals surface area contributed by atoms with E-state index in [4.69, 9.17) is 4.74 Å². The molecule has 3 rings (SSSR count). The summed E-state index contributed by atoms with van der Waals surface area (Å²) in [6.45, 7) is 3.24. The van der Waals surface area contributed by atoms with Gasteiger partial charge in [0.2, 0.25) is 0 Å². The average molecular weight is 324 g/mol. The van der Waals surface area contributed by atoms with Crippen molar-refractivity contribution < 1.29 is 19.1 Å². The maximum absolute atomic E-state index is 13.0. The summed E-state index contributed by atoms with van der Waals surface area (Å²) in [5.41, 5.74) is 1.64. The Labute approximate surface area is 140 Å². The highest BCUT2D eigenvalue weighted by atomic mass is 16.5. The van der Waals surface area contributed by atoms with E-state index in [1.165, 1.54) is 6.92 Å². The number of esters is 1. The van der Waals surface area contributed by atoms with Crippen LogP contribution in [0.25, 0.3) is 10.8 Å². The van der Waals surface area contributed by atoms with E-state index in [0.29, 0.717) is 18.4 Å². The Morgan fingerprint density at radius 2 is 1.96 bits per heavy atom. The molecule has 1 aliphatic carbocycles. The molecule has 24 heavy (non-hydrogen) atoms. The Balaban J connectivity index is 2.01. The van der Waals surface area contributed by atoms with Crippen molar-refractivity contribution in [3.8, 4) is 0 Å². The van der Waals surface area contributed by atoms with Crippen molar-refractivity contribution in [3.63, 3.8) is 0 Å². The number of fused-ring (bicyclic) bond motifs is 3. The maximum Gasteiger partial charge on any atom is 0.317 e. The molecule has 4 nitrogen and oxygen atoms in total. The van der Waals surface area contributed by atoms with Crippen LogP contribution in [-0.4, -0.2) is 24.1 Å². The molecule has 0 aromatic heterocycles. The van der Waals surface area contributed by atoms with Gasteiger partial charge >= 0.3 is 5.97 Å². The smallest absolute Gasteiger partial charge is 0.317 e. The predicted molar refractivity (Wildman–Crippen MR) is 90.9 cm³/mol. The van der Waals surface area contributed by atoms with Gasteiger partial charge in [-0.1, -0.05) is 36.4 Å². The topological polar surface area (TPSA) is 60.4 Å². The molecule has 0 N–H and O–H groups in total. The van der Waals surface area contributed by atoms with Gasteiger partial charge in [-0.15, -0.1) is 0 Å². The third kappa shape index (κ3) is 2.73. The van der Waals surface area contributed by atoms with E-state index in [2.05, 4.69) is 0 Å². The van der Waals surface area contributed by atoms with Crippen molar-refractivity contribution in [1.29, 1.82) is 0 Å². The van der Waals surface area contributed by atoms with Gasteiger partial charge in [-0.2, -0.15) is 0 Å². The van der Waals surface area contributed by atoms with Crippen LogP contribution in [0.3, 0.4) is 0 Å². The monoisotopic (exact) mass is 324 g/mol. The highest BCUT2D eigenvalue weighted by Crippen LogP contribution is 2.35. The van der Waals surface area contributed by atoms with Crippen LogP contribution in [0.5, 0.6) is 0 Å². The molecular formula is C20H20O4. The fourth-order valence-electron chi connectivity index (χ4n) is 3.63. The van der Waals surface area contributed by atoms with Gasteiger partial charge in [-0.05, 0) is 43.0 Å². The van der Waals surface area contributed by atoms with Crippen LogP contribution >= 0.6 is 0 Å². The molecule has 0 saturated carbocycles. The Morgan fingerprint density at radius 1 is 1.21 bits per heavy atom. The number of hydrogen-bond donors (Lipinski definition) is 0. The van der Waals surface area contributed by atoms with E-state index >= 15 is 0 Å².